The lowest BCUT2D eigenvalue weighted by Gasteiger charge is -2.27. The van der Waals surface area contributed by atoms with Gasteiger partial charge in [-0.2, -0.15) is 26.3 Å². The number of hydrogen-bond donors (Lipinski definition) is 1. The Morgan fingerprint density at radius 2 is 1.75 bits per heavy atom. The van der Waals surface area contributed by atoms with Crippen LogP contribution in [0.4, 0.5) is 32.0 Å². The number of imidazole rings is 1. The van der Waals surface area contributed by atoms with Crippen LogP contribution in [-0.2, 0) is 21.4 Å². The number of benzene rings is 1. The largest absolute Gasteiger partial charge is 0.451 e. The summed E-state index contributed by atoms with van der Waals surface area (Å²) in [7, 11) is 0. The molecule has 5 nitrogen and oxygen atoms in total. The van der Waals surface area contributed by atoms with Crippen molar-refractivity contribution in [1.29, 1.82) is 0 Å². The Hall–Kier alpha value is -2.32. The molecule has 128 valence electrons. The van der Waals surface area contributed by atoms with Gasteiger partial charge in [0.1, 0.15) is 0 Å². The Bertz CT molecular complexity index is 827. The molecule has 1 aromatic heterocycles. The second kappa shape index (κ2) is 5.09. The van der Waals surface area contributed by atoms with E-state index in [2.05, 4.69) is 24.3 Å². The zero-order valence-electron chi connectivity index (χ0n) is 11.5. The highest BCUT2D eigenvalue weighted by Gasteiger charge is 2.63. The van der Waals surface area contributed by atoms with E-state index in [0.717, 1.165) is 6.07 Å². The molecule has 3 rings (SSSR count). The summed E-state index contributed by atoms with van der Waals surface area (Å²) >= 11 is 0. The molecule has 2 aromatic rings. The number of nitrogens with zero attached hydrogens (tertiary/aromatic N) is 2. The highest BCUT2D eigenvalue weighted by Crippen LogP contribution is 2.46. The molecule has 1 saturated heterocycles. The summed E-state index contributed by atoms with van der Waals surface area (Å²) in [5.41, 5.74) is -2.57. The molecule has 0 spiro atoms. The minimum absolute atomic E-state index is 0.230. The number of alkyl halides is 6. The van der Waals surface area contributed by atoms with E-state index in [1.807, 2.05) is 0 Å². The first kappa shape index (κ1) is 16.5. The van der Waals surface area contributed by atoms with Gasteiger partial charge in [0.25, 0.3) is 0 Å². The minimum Gasteiger partial charge on any atom is -0.337 e. The van der Waals surface area contributed by atoms with Crippen molar-refractivity contribution < 1.29 is 35.8 Å². The Morgan fingerprint density at radius 1 is 1.12 bits per heavy atom. The number of halogens is 6. The number of aromatic nitrogens is 2. The minimum atomic E-state index is -4.99. The number of ether oxygens (including phenoxy) is 2. The topological polar surface area (TPSA) is 51.5 Å². The fourth-order valence-corrected chi connectivity index (χ4v) is 2.37. The van der Waals surface area contributed by atoms with Crippen molar-refractivity contribution in [3.05, 3.63) is 34.9 Å². The molecule has 1 aliphatic heterocycles. The molecule has 0 unspecified atom stereocenters. The molecule has 0 bridgehead atoms. The smallest absolute Gasteiger partial charge is 0.337 e. The third kappa shape index (κ3) is 2.38. The molecule has 0 saturated carbocycles. The van der Waals surface area contributed by atoms with Gasteiger partial charge >= 0.3 is 18.1 Å². The average Bonchev–Trinajstić information content (AvgIpc) is 3.10. The molecule has 1 aliphatic rings. The van der Waals surface area contributed by atoms with Crippen LogP contribution >= 0.6 is 0 Å². The number of hydrogen-bond acceptors (Lipinski definition) is 3. The quantitative estimate of drug-likeness (QED) is 0.626. The number of aromatic amines is 1. The molecule has 11 heteroatoms. The SMILES string of the molecule is [C-]#[N+]c1cc2nc(C3(C(F)(F)F)OCCO3)[nH]c2cc1C(F)(F)F. The molecule has 0 atom stereocenters. The fraction of sp³-hybridized carbons (Fsp3) is 0.385. The van der Waals surface area contributed by atoms with Gasteiger partial charge < -0.3 is 14.5 Å². The third-order valence-corrected chi connectivity index (χ3v) is 3.40. The van der Waals surface area contributed by atoms with Gasteiger partial charge in [-0.05, 0) is 12.1 Å². The van der Waals surface area contributed by atoms with Gasteiger partial charge in [-0.1, -0.05) is 0 Å². The first-order valence-electron chi connectivity index (χ1n) is 6.42. The fourth-order valence-electron chi connectivity index (χ4n) is 2.37. The van der Waals surface area contributed by atoms with Crippen molar-refractivity contribution in [1.82, 2.24) is 9.97 Å². The summed E-state index contributed by atoms with van der Waals surface area (Å²) in [4.78, 5) is 8.54. The first-order valence-corrected chi connectivity index (χ1v) is 6.42. The van der Waals surface area contributed by atoms with Crippen LogP contribution < -0.4 is 0 Å². The van der Waals surface area contributed by atoms with Crippen molar-refractivity contribution in [3.8, 4) is 0 Å². The van der Waals surface area contributed by atoms with Crippen LogP contribution in [0.2, 0.25) is 0 Å². The zero-order valence-corrected chi connectivity index (χ0v) is 11.5. The maximum Gasteiger partial charge on any atom is 0.451 e. The lowest BCUT2D eigenvalue weighted by atomic mass is 10.1. The van der Waals surface area contributed by atoms with E-state index in [-0.39, 0.29) is 24.2 Å². The zero-order chi connectivity index (χ0) is 17.8. The Kier molecular flexibility index (Phi) is 3.50. The average molecular weight is 351 g/mol. The second-order valence-electron chi connectivity index (χ2n) is 4.89. The van der Waals surface area contributed by atoms with E-state index in [4.69, 9.17) is 6.57 Å². The Labute approximate surface area is 130 Å². The van der Waals surface area contributed by atoms with Gasteiger partial charge in [-0.3, -0.25) is 0 Å². The first-order chi connectivity index (χ1) is 11.1. The predicted molar refractivity (Wildman–Crippen MR) is 67.0 cm³/mol. The summed E-state index contributed by atoms with van der Waals surface area (Å²) in [6, 6.07) is 1.31. The van der Waals surface area contributed by atoms with Gasteiger partial charge in [0, 0.05) is 0 Å². The molecule has 24 heavy (non-hydrogen) atoms. The number of H-pyrrole nitrogens is 1. The molecule has 1 aromatic carbocycles. The summed E-state index contributed by atoms with van der Waals surface area (Å²) in [6.45, 7) is 6.11. The van der Waals surface area contributed by atoms with Gasteiger partial charge in [0.2, 0.25) is 5.69 Å². The van der Waals surface area contributed by atoms with Crippen LogP contribution in [0, 0.1) is 6.57 Å². The normalized spacial score (nSPS) is 18.0. The monoisotopic (exact) mass is 351 g/mol. The molecule has 0 amide bonds. The second-order valence-corrected chi connectivity index (χ2v) is 4.89. The summed E-state index contributed by atoms with van der Waals surface area (Å²) in [5.74, 6) is -3.99. The molecule has 2 heterocycles. The highest BCUT2D eigenvalue weighted by molar-refractivity contribution is 5.82. The lowest BCUT2D eigenvalue weighted by molar-refractivity contribution is -0.355. The van der Waals surface area contributed by atoms with Gasteiger partial charge in [0.05, 0.1) is 36.4 Å². The molecule has 0 aliphatic carbocycles. The highest BCUT2D eigenvalue weighted by atomic mass is 19.4. The van der Waals surface area contributed by atoms with Crippen molar-refractivity contribution in [2.24, 2.45) is 0 Å². The molecule has 0 radical (unpaired) electrons. The van der Waals surface area contributed by atoms with Crippen LogP contribution in [0.3, 0.4) is 0 Å². The van der Waals surface area contributed by atoms with E-state index in [1.165, 1.54) is 0 Å². The van der Waals surface area contributed by atoms with E-state index >= 15 is 0 Å². The van der Waals surface area contributed by atoms with Crippen molar-refractivity contribution in [2.75, 3.05) is 13.2 Å². The van der Waals surface area contributed by atoms with Crippen LogP contribution in [0.15, 0.2) is 12.1 Å². The summed E-state index contributed by atoms with van der Waals surface area (Å²) in [6.07, 6.45) is -9.83. The Balaban J connectivity index is 2.21. The van der Waals surface area contributed by atoms with Crippen LogP contribution in [0.25, 0.3) is 15.9 Å². The summed E-state index contributed by atoms with van der Waals surface area (Å²) < 4.78 is 88.0. The van der Waals surface area contributed by atoms with E-state index < -0.39 is 35.2 Å². The van der Waals surface area contributed by atoms with Gasteiger partial charge in [-0.15, -0.1) is 0 Å². The maximum atomic E-state index is 13.3. The molecular formula is C13H7F6N3O2. The van der Waals surface area contributed by atoms with Crippen molar-refractivity contribution in [2.45, 2.75) is 18.1 Å². The van der Waals surface area contributed by atoms with Crippen LogP contribution in [0.5, 0.6) is 0 Å². The number of fused-ring (bicyclic) bond motifs is 1. The van der Waals surface area contributed by atoms with E-state index in [1.54, 1.807) is 0 Å². The number of rotatable bonds is 1. The lowest BCUT2D eigenvalue weighted by Crippen LogP contribution is -2.44. The van der Waals surface area contributed by atoms with Crippen molar-refractivity contribution in [3.63, 3.8) is 0 Å². The summed E-state index contributed by atoms with van der Waals surface area (Å²) in [5, 5.41) is 0. The molecular weight excluding hydrogens is 344 g/mol. The van der Waals surface area contributed by atoms with Crippen LogP contribution in [0.1, 0.15) is 11.4 Å². The molecule has 1 fully saturated rings. The maximum absolute atomic E-state index is 13.3. The number of nitrogens with one attached hydrogen (secondary N) is 1. The van der Waals surface area contributed by atoms with Gasteiger partial charge in [0.15, 0.2) is 5.82 Å². The standard InChI is InChI=1S/C13H7F6N3O2/c1-20-7-5-9-8(4-6(7)12(14,15)16)21-10(22-9)11(13(17,18)19)23-2-3-24-11/h4-5H,2-3H2,(H,21,22). The van der Waals surface area contributed by atoms with Crippen LogP contribution in [-0.4, -0.2) is 29.4 Å². The van der Waals surface area contributed by atoms with E-state index in [0.29, 0.717) is 6.07 Å². The predicted octanol–water partition coefficient (Wildman–Crippen LogP) is 3.89. The van der Waals surface area contributed by atoms with Gasteiger partial charge in [-0.25, -0.2) is 9.83 Å². The third-order valence-electron chi connectivity index (χ3n) is 3.40. The molecule has 1 N–H and O–H groups in total. The van der Waals surface area contributed by atoms with E-state index in [9.17, 15) is 26.3 Å². The van der Waals surface area contributed by atoms with Crippen molar-refractivity contribution >= 4 is 16.7 Å². The Morgan fingerprint density at radius 3 is 2.25 bits per heavy atom.